The number of phenolic OH excluding ortho intramolecular Hbond substituents is 1. The summed E-state index contributed by atoms with van der Waals surface area (Å²) in [7, 11) is 0. The van der Waals surface area contributed by atoms with E-state index < -0.39 is 0 Å². The lowest BCUT2D eigenvalue weighted by Crippen LogP contribution is -2.19. The van der Waals surface area contributed by atoms with Crippen molar-refractivity contribution in [3.8, 4) is 11.8 Å². The Morgan fingerprint density at radius 1 is 1.37 bits per heavy atom. The number of anilines is 2. The average Bonchev–Trinajstić information content (AvgIpc) is 2.40. The predicted molar refractivity (Wildman–Crippen MR) is 74.5 cm³/mol. The lowest BCUT2D eigenvalue weighted by Gasteiger charge is -2.23. The lowest BCUT2D eigenvalue weighted by molar-refractivity contribution is 0.475. The van der Waals surface area contributed by atoms with Crippen LogP contribution in [0.1, 0.15) is 18.1 Å². The molecule has 2 aromatic rings. The first-order chi connectivity index (χ1) is 9.17. The number of nitriles is 1. The molecule has 0 fully saturated rings. The minimum Gasteiger partial charge on any atom is -0.508 e. The number of rotatable bonds is 3. The van der Waals surface area contributed by atoms with Crippen LogP contribution >= 0.6 is 0 Å². The molecule has 1 heterocycles. The van der Waals surface area contributed by atoms with Crippen LogP contribution in [0.15, 0.2) is 36.5 Å². The van der Waals surface area contributed by atoms with Crippen molar-refractivity contribution >= 4 is 11.5 Å². The summed E-state index contributed by atoms with van der Waals surface area (Å²) in [4.78, 5) is 6.22. The van der Waals surface area contributed by atoms with E-state index in [1.165, 1.54) is 0 Å². The summed E-state index contributed by atoms with van der Waals surface area (Å²) in [5.74, 6) is 0.817. The number of pyridine rings is 1. The van der Waals surface area contributed by atoms with E-state index >= 15 is 0 Å². The van der Waals surface area contributed by atoms with E-state index in [4.69, 9.17) is 0 Å². The molecule has 0 saturated carbocycles. The summed E-state index contributed by atoms with van der Waals surface area (Å²) in [6.45, 7) is 4.53. The molecule has 96 valence electrons. The standard InChI is InChI=1S/C15H15N3O/c1-3-18(12-5-4-6-13(19)9-12)15-14(10-16)11(2)7-8-17-15/h4-9,19H,3H2,1-2H3. The van der Waals surface area contributed by atoms with Crippen LogP contribution in [0.5, 0.6) is 5.75 Å². The van der Waals surface area contributed by atoms with Crippen LogP contribution in [0.25, 0.3) is 0 Å². The summed E-state index contributed by atoms with van der Waals surface area (Å²) in [5, 5.41) is 18.9. The number of hydrogen-bond acceptors (Lipinski definition) is 4. The van der Waals surface area contributed by atoms with Crippen molar-refractivity contribution in [2.24, 2.45) is 0 Å². The van der Waals surface area contributed by atoms with E-state index in [0.717, 1.165) is 11.3 Å². The number of benzene rings is 1. The predicted octanol–water partition coefficient (Wildman–Crippen LogP) is 3.13. The van der Waals surface area contributed by atoms with E-state index in [2.05, 4.69) is 11.1 Å². The van der Waals surface area contributed by atoms with E-state index in [0.29, 0.717) is 17.9 Å². The second-order valence-corrected chi connectivity index (χ2v) is 4.20. The number of aromatic nitrogens is 1. The minimum atomic E-state index is 0.196. The summed E-state index contributed by atoms with van der Waals surface area (Å²) in [6.07, 6.45) is 1.69. The molecule has 1 aromatic heterocycles. The molecule has 0 aliphatic carbocycles. The molecule has 0 radical (unpaired) electrons. The van der Waals surface area contributed by atoms with Gasteiger partial charge >= 0.3 is 0 Å². The van der Waals surface area contributed by atoms with E-state index in [9.17, 15) is 10.4 Å². The Kier molecular flexibility index (Phi) is 3.67. The van der Waals surface area contributed by atoms with Crippen LogP contribution in [-0.4, -0.2) is 16.6 Å². The second kappa shape index (κ2) is 5.40. The van der Waals surface area contributed by atoms with Gasteiger partial charge in [0.25, 0.3) is 0 Å². The van der Waals surface area contributed by atoms with Crippen molar-refractivity contribution in [3.05, 3.63) is 47.7 Å². The van der Waals surface area contributed by atoms with E-state index in [1.807, 2.05) is 30.9 Å². The van der Waals surface area contributed by atoms with Crippen molar-refractivity contribution in [1.29, 1.82) is 5.26 Å². The van der Waals surface area contributed by atoms with Gasteiger partial charge in [0.05, 0.1) is 5.56 Å². The van der Waals surface area contributed by atoms with Crippen molar-refractivity contribution in [2.75, 3.05) is 11.4 Å². The van der Waals surface area contributed by atoms with E-state index in [1.54, 1.807) is 24.4 Å². The molecule has 19 heavy (non-hydrogen) atoms. The zero-order chi connectivity index (χ0) is 13.8. The third kappa shape index (κ3) is 2.50. The maximum absolute atomic E-state index is 9.57. The van der Waals surface area contributed by atoms with Crippen molar-refractivity contribution in [1.82, 2.24) is 4.98 Å². The number of aryl methyl sites for hydroxylation is 1. The molecular weight excluding hydrogens is 238 g/mol. The first kappa shape index (κ1) is 12.9. The average molecular weight is 253 g/mol. The van der Waals surface area contributed by atoms with Crippen LogP contribution in [0.3, 0.4) is 0 Å². The Balaban J connectivity index is 2.55. The molecule has 4 nitrogen and oxygen atoms in total. The molecule has 1 N–H and O–H groups in total. The van der Waals surface area contributed by atoms with Gasteiger partial charge in [0.15, 0.2) is 5.82 Å². The topological polar surface area (TPSA) is 60.1 Å². The molecule has 0 aliphatic heterocycles. The van der Waals surface area contributed by atoms with Gasteiger partial charge in [0.1, 0.15) is 11.8 Å². The van der Waals surface area contributed by atoms with Crippen LogP contribution in [0, 0.1) is 18.3 Å². The van der Waals surface area contributed by atoms with Gasteiger partial charge in [0.2, 0.25) is 0 Å². The first-order valence-corrected chi connectivity index (χ1v) is 6.09. The quantitative estimate of drug-likeness (QED) is 0.913. The molecule has 1 aromatic carbocycles. The van der Waals surface area contributed by atoms with Gasteiger partial charge in [-0.05, 0) is 37.6 Å². The summed E-state index contributed by atoms with van der Waals surface area (Å²) in [6, 6.07) is 10.9. The molecule has 0 amide bonds. The summed E-state index contributed by atoms with van der Waals surface area (Å²) < 4.78 is 0. The number of phenols is 1. The fourth-order valence-corrected chi connectivity index (χ4v) is 2.00. The van der Waals surface area contributed by atoms with Gasteiger partial charge in [0, 0.05) is 24.5 Å². The number of aromatic hydroxyl groups is 1. The van der Waals surface area contributed by atoms with Gasteiger partial charge in [-0.25, -0.2) is 4.98 Å². The Bertz CT molecular complexity index is 632. The SMILES string of the molecule is CCN(c1cccc(O)c1)c1nccc(C)c1C#N. The molecule has 0 aliphatic rings. The summed E-state index contributed by atoms with van der Waals surface area (Å²) >= 11 is 0. The van der Waals surface area contributed by atoms with Crippen LogP contribution in [0.2, 0.25) is 0 Å². The van der Waals surface area contributed by atoms with Crippen LogP contribution < -0.4 is 4.90 Å². The molecule has 0 atom stereocenters. The highest BCUT2D eigenvalue weighted by atomic mass is 16.3. The van der Waals surface area contributed by atoms with Crippen molar-refractivity contribution in [2.45, 2.75) is 13.8 Å². The third-order valence-electron chi connectivity index (χ3n) is 2.96. The highest BCUT2D eigenvalue weighted by Crippen LogP contribution is 2.29. The third-order valence-corrected chi connectivity index (χ3v) is 2.96. The first-order valence-electron chi connectivity index (χ1n) is 6.09. The van der Waals surface area contributed by atoms with Crippen molar-refractivity contribution in [3.63, 3.8) is 0 Å². The fraction of sp³-hybridized carbons (Fsp3) is 0.200. The maximum Gasteiger partial charge on any atom is 0.151 e. The molecular formula is C15H15N3O. The number of nitrogens with zero attached hydrogens (tertiary/aromatic N) is 3. The minimum absolute atomic E-state index is 0.196. The molecule has 0 saturated heterocycles. The monoisotopic (exact) mass is 253 g/mol. The molecule has 0 unspecified atom stereocenters. The Morgan fingerprint density at radius 3 is 2.79 bits per heavy atom. The Labute approximate surface area is 112 Å². The zero-order valence-electron chi connectivity index (χ0n) is 11.0. The van der Waals surface area contributed by atoms with Gasteiger partial charge in [-0.3, -0.25) is 0 Å². The zero-order valence-corrected chi connectivity index (χ0v) is 11.0. The highest BCUT2D eigenvalue weighted by molar-refractivity contribution is 5.67. The molecule has 0 bridgehead atoms. The maximum atomic E-state index is 9.57. The number of hydrogen-bond donors (Lipinski definition) is 1. The Hall–Kier alpha value is -2.54. The van der Waals surface area contributed by atoms with Gasteiger partial charge in [-0.1, -0.05) is 6.07 Å². The Morgan fingerprint density at radius 2 is 2.16 bits per heavy atom. The molecule has 2 rings (SSSR count). The normalized spacial score (nSPS) is 9.95. The fourth-order valence-electron chi connectivity index (χ4n) is 2.00. The van der Waals surface area contributed by atoms with Crippen molar-refractivity contribution < 1.29 is 5.11 Å². The smallest absolute Gasteiger partial charge is 0.151 e. The van der Waals surface area contributed by atoms with Crippen LogP contribution in [0.4, 0.5) is 11.5 Å². The van der Waals surface area contributed by atoms with Gasteiger partial charge in [-0.2, -0.15) is 5.26 Å². The lowest BCUT2D eigenvalue weighted by atomic mass is 10.1. The second-order valence-electron chi connectivity index (χ2n) is 4.20. The molecule has 4 heteroatoms. The van der Waals surface area contributed by atoms with Gasteiger partial charge < -0.3 is 10.0 Å². The molecule has 0 spiro atoms. The summed E-state index contributed by atoms with van der Waals surface area (Å²) in [5.41, 5.74) is 2.27. The van der Waals surface area contributed by atoms with Crippen LogP contribution in [-0.2, 0) is 0 Å². The van der Waals surface area contributed by atoms with Gasteiger partial charge in [-0.15, -0.1) is 0 Å². The van der Waals surface area contributed by atoms with E-state index in [-0.39, 0.29) is 5.75 Å². The highest BCUT2D eigenvalue weighted by Gasteiger charge is 2.15. The largest absolute Gasteiger partial charge is 0.508 e.